The van der Waals surface area contributed by atoms with Crippen molar-refractivity contribution in [3.05, 3.63) is 64.5 Å². The number of aromatic nitrogens is 2. The lowest BCUT2D eigenvalue weighted by molar-refractivity contribution is 0.320. The van der Waals surface area contributed by atoms with E-state index < -0.39 is 0 Å². The summed E-state index contributed by atoms with van der Waals surface area (Å²) in [6.45, 7) is 2.37. The van der Waals surface area contributed by atoms with E-state index in [1.807, 2.05) is 19.1 Å². The first-order valence-corrected chi connectivity index (χ1v) is 6.64. The Morgan fingerprint density at radius 2 is 2.14 bits per heavy atom. The number of benzene rings is 1. The molecule has 0 spiro atoms. The molecule has 0 N–H and O–H groups in total. The predicted molar refractivity (Wildman–Crippen MR) is 78.5 cm³/mol. The highest BCUT2D eigenvalue weighted by atomic mass is 16.5. The van der Waals surface area contributed by atoms with E-state index in [-0.39, 0.29) is 5.63 Å². The molecule has 2 heterocycles. The molecule has 106 valence electrons. The zero-order chi connectivity index (χ0) is 14.7. The van der Waals surface area contributed by atoms with Gasteiger partial charge in [-0.1, -0.05) is 0 Å². The molecule has 0 aliphatic carbocycles. The molecule has 2 aromatic heterocycles. The Balaban J connectivity index is 1.74. The van der Waals surface area contributed by atoms with E-state index in [1.165, 1.54) is 6.07 Å². The van der Waals surface area contributed by atoms with Crippen molar-refractivity contribution in [3.8, 4) is 5.75 Å². The van der Waals surface area contributed by atoms with Gasteiger partial charge in [-0.05, 0) is 24.6 Å². The Morgan fingerprint density at radius 3 is 2.95 bits per heavy atom. The number of hydrogen-bond donors (Lipinski definition) is 0. The molecular formula is C16H14N2O3. The molecule has 0 radical (unpaired) electrons. The SMILES string of the molecule is Cc1cc(=O)oc2cc(OCCc3cnccn3)ccc12. The first kappa shape index (κ1) is 13.3. The van der Waals surface area contributed by atoms with E-state index in [4.69, 9.17) is 9.15 Å². The van der Waals surface area contributed by atoms with Gasteiger partial charge < -0.3 is 9.15 Å². The Bertz CT molecular complexity index is 813. The van der Waals surface area contributed by atoms with Crippen molar-refractivity contribution >= 4 is 11.0 Å². The first-order valence-electron chi connectivity index (χ1n) is 6.64. The van der Waals surface area contributed by atoms with Crippen molar-refractivity contribution in [2.45, 2.75) is 13.3 Å². The van der Waals surface area contributed by atoms with Crippen molar-refractivity contribution < 1.29 is 9.15 Å². The molecule has 5 nitrogen and oxygen atoms in total. The van der Waals surface area contributed by atoms with Gasteiger partial charge in [0.1, 0.15) is 11.3 Å². The van der Waals surface area contributed by atoms with Crippen LogP contribution in [0, 0.1) is 6.92 Å². The number of aryl methyl sites for hydroxylation is 1. The van der Waals surface area contributed by atoms with E-state index in [2.05, 4.69) is 9.97 Å². The fourth-order valence-electron chi connectivity index (χ4n) is 2.13. The summed E-state index contributed by atoms with van der Waals surface area (Å²) in [6, 6.07) is 6.98. The van der Waals surface area contributed by atoms with Crippen LogP contribution in [-0.2, 0) is 6.42 Å². The molecule has 0 saturated heterocycles. The van der Waals surface area contributed by atoms with Crippen molar-refractivity contribution in [2.75, 3.05) is 6.61 Å². The van der Waals surface area contributed by atoms with Gasteiger partial charge in [0.15, 0.2) is 0 Å². The molecule has 0 bridgehead atoms. The van der Waals surface area contributed by atoms with Crippen molar-refractivity contribution in [3.63, 3.8) is 0 Å². The molecule has 0 unspecified atom stereocenters. The normalized spacial score (nSPS) is 10.7. The van der Waals surface area contributed by atoms with Gasteiger partial charge in [-0.15, -0.1) is 0 Å². The number of ether oxygens (including phenoxy) is 1. The van der Waals surface area contributed by atoms with Crippen molar-refractivity contribution in [2.24, 2.45) is 0 Å². The molecule has 0 saturated carbocycles. The van der Waals surface area contributed by atoms with Crippen LogP contribution in [0.5, 0.6) is 5.75 Å². The van der Waals surface area contributed by atoms with Crippen LogP contribution in [0.4, 0.5) is 0 Å². The van der Waals surface area contributed by atoms with Crippen LogP contribution in [0.3, 0.4) is 0 Å². The van der Waals surface area contributed by atoms with Gasteiger partial charge in [-0.25, -0.2) is 4.79 Å². The van der Waals surface area contributed by atoms with Gasteiger partial charge in [0, 0.05) is 42.5 Å². The second kappa shape index (κ2) is 5.75. The second-order valence-electron chi connectivity index (χ2n) is 4.70. The quantitative estimate of drug-likeness (QED) is 0.688. The zero-order valence-corrected chi connectivity index (χ0v) is 11.6. The minimum absolute atomic E-state index is 0.350. The third kappa shape index (κ3) is 3.08. The molecule has 21 heavy (non-hydrogen) atoms. The molecule has 0 amide bonds. The number of rotatable bonds is 4. The lowest BCUT2D eigenvalue weighted by atomic mass is 10.1. The smallest absolute Gasteiger partial charge is 0.336 e. The lowest BCUT2D eigenvalue weighted by Crippen LogP contribution is -2.03. The molecule has 0 aliphatic rings. The highest BCUT2D eigenvalue weighted by molar-refractivity contribution is 5.81. The van der Waals surface area contributed by atoms with Crippen molar-refractivity contribution in [1.82, 2.24) is 9.97 Å². The number of hydrogen-bond acceptors (Lipinski definition) is 5. The Labute approximate surface area is 121 Å². The summed E-state index contributed by atoms with van der Waals surface area (Å²) in [6.07, 6.45) is 5.68. The van der Waals surface area contributed by atoms with Gasteiger partial charge in [0.05, 0.1) is 12.3 Å². The summed E-state index contributed by atoms with van der Waals surface area (Å²) in [7, 11) is 0. The van der Waals surface area contributed by atoms with Crippen molar-refractivity contribution in [1.29, 1.82) is 0 Å². The summed E-state index contributed by atoms with van der Waals surface area (Å²) in [5.74, 6) is 0.667. The fourth-order valence-corrected chi connectivity index (χ4v) is 2.13. The molecular weight excluding hydrogens is 268 g/mol. The van der Waals surface area contributed by atoms with E-state index in [0.717, 1.165) is 16.6 Å². The Hall–Kier alpha value is -2.69. The summed E-state index contributed by atoms with van der Waals surface area (Å²) in [5, 5.41) is 0.913. The van der Waals surface area contributed by atoms with Crippen LogP contribution in [0.25, 0.3) is 11.0 Å². The monoisotopic (exact) mass is 282 g/mol. The topological polar surface area (TPSA) is 65.2 Å². The minimum Gasteiger partial charge on any atom is -0.493 e. The second-order valence-corrected chi connectivity index (χ2v) is 4.70. The third-order valence-corrected chi connectivity index (χ3v) is 3.17. The summed E-state index contributed by atoms with van der Waals surface area (Å²) in [5.41, 5.74) is 1.96. The van der Waals surface area contributed by atoms with Gasteiger partial charge in [-0.2, -0.15) is 0 Å². The van der Waals surface area contributed by atoms with Gasteiger partial charge >= 0.3 is 5.63 Å². The summed E-state index contributed by atoms with van der Waals surface area (Å²) >= 11 is 0. The van der Waals surface area contributed by atoms with Crippen LogP contribution in [0.15, 0.2) is 52.1 Å². The maximum Gasteiger partial charge on any atom is 0.336 e. The average Bonchev–Trinajstić information content (AvgIpc) is 2.48. The molecule has 0 fully saturated rings. The van der Waals surface area contributed by atoms with Crippen LogP contribution >= 0.6 is 0 Å². The Morgan fingerprint density at radius 1 is 1.24 bits per heavy atom. The minimum atomic E-state index is -0.350. The molecule has 1 aromatic carbocycles. The maximum absolute atomic E-state index is 11.4. The maximum atomic E-state index is 11.4. The largest absolute Gasteiger partial charge is 0.493 e. The van der Waals surface area contributed by atoms with Gasteiger partial charge in [0.25, 0.3) is 0 Å². The molecule has 5 heteroatoms. The van der Waals surface area contributed by atoms with Crippen LogP contribution in [-0.4, -0.2) is 16.6 Å². The van der Waals surface area contributed by atoms with Gasteiger partial charge in [-0.3, -0.25) is 9.97 Å². The summed E-state index contributed by atoms with van der Waals surface area (Å²) in [4.78, 5) is 19.6. The Kier molecular flexibility index (Phi) is 3.64. The van der Waals surface area contributed by atoms with E-state index in [0.29, 0.717) is 24.4 Å². The highest BCUT2D eigenvalue weighted by Gasteiger charge is 2.04. The standard InChI is InChI=1S/C16H14N2O3/c1-11-8-16(19)21-15-9-13(2-3-14(11)15)20-7-4-12-10-17-5-6-18-12/h2-3,5-6,8-10H,4,7H2,1H3. The third-order valence-electron chi connectivity index (χ3n) is 3.17. The first-order chi connectivity index (χ1) is 10.2. The van der Waals surface area contributed by atoms with Crippen LogP contribution in [0.2, 0.25) is 0 Å². The van der Waals surface area contributed by atoms with E-state index in [1.54, 1.807) is 24.7 Å². The van der Waals surface area contributed by atoms with E-state index in [9.17, 15) is 4.79 Å². The van der Waals surface area contributed by atoms with E-state index >= 15 is 0 Å². The average molecular weight is 282 g/mol. The highest BCUT2D eigenvalue weighted by Crippen LogP contribution is 2.22. The van der Waals surface area contributed by atoms with Crippen LogP contribution < -0.4 is 10.4 Å². The van der Waals surface area contributed by atoms with Crippen LogP contribution in [0.1, 0.15) is 11.3 Å². The summed E-state index contributed by atoms with van der Waals surface area (Å²) < 4.78 is 10.9. The molecule has 3 rings (SSSR count). The lowest BCUT2D eigenvalue weighted by Gasteiger charge is -2.07. The molecule has 0 aliphatic heterocycles. The zero-order valence-electron chi connectivity index (χ0n) is 11.6. The molecule has 0 atom stereocenters. The molecule has 3 aromatic rings. The van der Waals surface area contributed by atoms with Gasteiger partial charge in [0.2, 0.25) is 0 Å². The number of nitrogens with zero attached hydrogens (tertiary/aromatic N) is 2. The fraction of sp³-hybridized carbons (Fsp3) is 0.188. The number of fused-ring (bicyclic) bond motifs is 1. The predicted octanol–water partition coefficient (Wildman–Crippen LogP) is 2.51.